The van der Waals surface area contributed by atoms with Gasteiger partial charge in [0, 0.05) is 61.8 Å². The molecule has 232 valence electrons. The Hall–Kier alpha value is -3.94. The van der Waals surface area contributed by atoms with Crippen molar-refractivity contribution >= 4 is 67.2 Å². The van der Waals surface area contributed by atoms with Crippen LogP contribution in [0.5, 0.6) is 5.75 Å². The molecule has 0 bridgehead atoms. The number of sulfonamides is 1. The van der Waals surface area contributed by atoms with E-state index in [-0.39, 0.29) is 22.5 Å². The highest BCUT2D eigenvalue weighted by Crippen LogP contribution is 2.45. The number of hydrogen-bond donors (Lipinski definition) is 3. The molecular formula is C30H36ClN9O3S. The Bertz CT molecular complexity index is 1820. The van der Waals surface area contributed by atoms with Gasteiger partial charge in [-0.15, -0.1) is 0 Å². The van der Waals surface area contributed by atoms with Crippen LogP contribution in [0, 0.1) is 5.41 Å². The standard InChI is InChI=1S/C30H36ClN9O3S/c1-6-19-11-23(25(43-4)12-24(19)40-16-30(17-40)14-39(15-30)18(2)3)36-29-34-13-20(31)28(37-29)35-22-8-7-21-26(33-10-9-32-21)27(22)38-44(5,41)42/h7-13,18,38H,6,14-17H2,1-5H3,(H2,34,35,36,37). The number of methoxy groups -OCH3 is 1. The van der Waals surface area contributed by atoms with Crippen molar-refractivity contribution in [3.8, 4) is 5.75 Å². The SMILES string of the molecule is CCc1cc(Nc2ncc(Cl)c(Nc3ccc4nccnc4c3NS(C)(=O)=O)n2)c(OC)cc1N1CC2(C1)CN(C(C)C)C2. The van der Waals surface area contributed by atoms with Crippen molar-refractivity contribution in [1.82, 2.24) is 24.8 Å². The fourth-order valence-electron chi connectivity index (χ4n) is 5.96. The van der Waals surface area contributed by atoms with Gasteiger partial charge in [0.25, 0.3) is 0 Å². The van der Waals surface area contributed by atoms with Crippen molar-refractivity contribution in [2.75, 3.05) is 59.8 Å². The van der Waals surface area contributed by atoms with E-state index in [1.807, 2.05) is 0 Å². The third-order valence-corrected chi connectivity index (χ3v) is 9.01. The first-order valence-electron chi connectivity index (χ1n) is 14.5. The van der Waals surface area contributed by atoms with Crippen molar-refractivity contribution in [3.63, 3.8) is 0 Å². The van der Waals surface area contributed by atoms with E-state index in [1.54, 1.807) is 25.4 Å². The van der Waals surface area contributed by atoms with Crippen LogP contribution >= 0.6 is 11.6 Å². The van der Waals surface area contributed by atoms with Gasteiger partial charge >= 0.3 is 0 Å². The maximum absolute atomic E-state index is 12.2. The number of halogens is 1. The largest absolute Gasteiger partial charge is 0.494 e. The molecule has 2 saturated heterocycles. The summed E-state index contributed by atoms with van der Waals surface area (Å²) in [6, 6.07) is 8.18. The molecule has 14 heteroatoms. The maximum Gasteiger partial charge on any atom is 0.229 e. The number of nitrogens with zero attached hydrogens (tertiary/aromatic N) is 6. The highest BCUT2D eigenvalue weighted by Gasteiger charge is 2.52. The van der Waals surface area contributed by atoms with Gasteiger partial charge in [-0.05, 0) is 44.0 Å². The van der Waals surface area contributed by atoms with Gasteiger partial charge in [0.05, 0.1) is 42.1 Å². The Morgan fingerprint density at radius 1 is 1.05 bits per heavy atom. The summed E-state index contributed by atoms with van der Waals surface area (Å²) in [6.07, 6.45) is 6.44. The second kappa shape index (κ2) is 11.5. The van der Waals surface area contributed by atoms with E-state index in [0.717, 1.165) is 44.5 Å². The van der Waals surface area contributed by atoms with Gasteiger partial charge < -0.3 is 20.3 Å². The van der Waals surface area contributed by atoms with Crippen LogP contribution in [0.2, 0.25) is 5.02 Å². The van der Waals surface area contributed by atoms with E-state index in [9.17, 15) is 8.42 Å². The number of aromatic nitrogens is 4. The molecule has 0 saturated carbocycles. The van der Waals surface area contributed by atoms with Crippen molar-refractivity contribution < 1.29 is 13.2 Å². The molecule has 0 aliphatic carbocycles. The van der Waals surface area contributed by atoms with E-state index in [4.69, 9.17) is 16.3 Å². The van der Waals surface area contributed by atoms with E-state index < -0.39 is 10.0 Å². The minimum Gasteiger partial charge on any atom is -0.494 e. The molecule has 0 atom stereocenters. The van der Waals surface area contributed by atoms with E-state index in [1.165, 1.54) is 23.6 Å². The molecule has 0 amide bonds. The van der Waals surface area contributed by atoms with Crippen LogP contribution in [0.1, 0.15) is 26.3 Å². The first-order valence-corrected chi connectivity index (χ1v) is 16.7. The van der Waals surface area contributed by atoms with E-state index >= 15 is 0 Å². The van der Waals surface area contributed by atoms with Crippen LogP contribution in [-0.4, -0.2) is 78.8 Å². The van der Waals surface area contributed by atoms with Gasteiger partial charge in [0.2, 0.25) is 16.0 Å². The molecule has 0 radical (unpaired) electrons. The molecule has 3 N–H and O–H groups in total. The van der Waals surface area contributed by atoms with Crippen molar-refractivity contribution in [2.24, 2.45) is 5.41 Å². The molecule has 4 heterocycles. The average Bonchev–Trinajstić information content (AvgIpc) is 2.94. The topological polar surface area (TPSA) is 138 Å². The number of hydrogen-bond acceptors (Lipinski definition) is 11. The highest BCUT2D eigenvalue weighted by molar-refractivity contribution is 7.92. The molecule has 2 aliphatic heterocycles. The minimum atomic E-state index is -3.63. The Balaban J connectivity index is 1.25. The summed E-state index contributed by atoms with van der Waals surface area (Å²) < 4.78 is 32.7. The Kier molecular flexibility index (Phi) is 7.89. The van der Waals surface area contributed by atoms with Gasteiger partial charge in [-0.2, -0.15) is 4.98 Å². The molecule has 2 aliphatic rings. The number of rotatable bonds is 10. The Morgan fingerprint density at radius 2 is 1.80 bits per heavy atom. The van der Waals surface area contributed by atoms with Crippen LogP contribution < -0.4 is 25.0 Å². The van der Waals surface area contributed by atoms with Gasteiger partial charge in [-0.1, -0.05) is 18.5 Å². The number of likely N-dealkylation sites (tertiary alicyclic amines) is 1. The monoisotopic (exact) mass is 637 g/mol. The predicted octanol–water partition coefficient (Wildman–Crippen LogP) is 5.03. The Labute approximate surface area is 262 Å². The summed E-state index contributed by atoms with van der Waals surface area (Å²) in [5, 5.41) is 6.68. The van der Waals surface area contributed by atoms with Gasteiger partial charge in [0.1, 0.15) is 16.3 Å². The number of fused-ring (bicyclic) bond motifs is 1. The van der Waals surface area contributed by atoms with Crippen LogP contribution in [0.25, 0.3) is 11.0 Å². The molecule has 2 fully saturated rings. The molecule has 12 nitrogen and oxygen atoms in total. The fraction of sp³-hybridized carbons (Fsp3) is 0.400. The quantitative estimate of drug-likeness (QED) is 0.216. The molecule has 1 spiro atoms. The van der Waals surface area contributed by atoms with Gasteiger partial charge in [-0.3, -0.25) is 19.6 Å². The third kappa shape index (κ3) is 5.91. The molecule has 4 aromatic rings. The molecule has 2 aromatic heterocycles. The van der Waals surface area contributed by atoms with Gasteiger partial charge in [0.15, 0.2) is 5.82 Å². The summed E-state index contributed by atoms with van der Waals surface area (Å²) in [5.41, 5.74) is 5.06. The lowest BCUT2D eigenvalue weighted by molar-refractivity contribution is -0.0412. The fourth-order valence-corrected chi connectivity index (χ4v) is 6.68. The minimum absolute atomic E-state index is 0.235. The highest BCUT2D eigenvalue weighted by atomic mass is 35.5. The first-order chi connectivity index (χ1) is 21.0. The summed E-state index contributed by atoms with van der Waals surface area (Å²) in [6.45, 7) is 11.1. The van der Waals surface area contributed by atoms with Crippen molar-refractivity contribution in [1.29, 1.82) is 0 Å². The smallest absolute Gasteiger partial charge is 0.229 e. The second-order valence-corrected chi connectivity index (χ2v) is 14.0. The number of benzene rings is 2. The lowest BCUT2D eigenvalue weighted by Crippen LogP contribution is -2.73. The number of aryl methyl sites for hydroxylation is 1. The maximum atomic E-state index is 12.2. The zero-order valence-corrected chi connectivity index (χ0v) is 26.9. The first kappa shape index (κ1) is 30.1. The second-order valence-electron chi connectivity index (χ2n) is 11.8. The van der Waals surface area contributed by atoms with Gasteiger partial charge in [-0.25, -0.2) is 13.4 Å². The molecule has 44 heavy (non-hydrogen) atoms. The predicted molar refractivity (Wildman–Crippen MR) is 175 cm³/mol. The number of ether oxygens (including phenoxy) is 1. The van der Waals surface area contributed by atoms with Crippen molar-refractivity contribution in [3.05, 3.63) is 53.4 Å². The molecule has 2 aromatic carbocycles. The van der Waals surface area contributed by atoms with Crippen LogP contribution in [0.4, 0.5) is 34.5 Å². The molecular weight excluding hydrogens is 602 g/mol. The number of anilines is 6. The lowest BCUT2D eigenvalue weighted by Gasteiger charge is -2.62. The average molecular weight is 638 g/mol. The van der Waals surface area contributed by atoms with E-state index in [2.05, 4.69) is 78.0 Å². The Morgan fingerprint density at radius 3 is 2.48 bits per heavy atom. The summed E-state index contributed by atoms with van der Waals surface area (Å²) in [4.78, 5) is 22.6. The van der Waals surface area contributed by atoms with Crippen LogP contribution in [0.15, 0.2) is 42.9 Å². The normalized spacial score (nSPS) is 16.1. The zero-order chi connectivity index (χ0) is 31.2. The molecule has 0 unspecified atom stereocenters. The van der Waals surface area contributed by atoms with Crippen LogP contribution in [0.3, 0.4) is 0 Å². The third-order valence-electron chi connectivity index (χ3n) is 8.15. The van der Waals surface area contributed by atoms with Crippen LogP contribution in [-0.2, 0) is 16.4 Å². The zero-order valence-electron chi connectivity index (χ0n) is 25.3. The molecule has 6 rings (SSSR count). The van der Waals surface area contributed by atoms with Crippen molar-refractivity contribution in [2.45, 2.75) is 33.2 Å². The summed E-state index contributed by atoms with van der Waals surface area (Å²) >= 11 is 6.49. The number of nitrogens with one attached hydrogen (secondary N) is 3. The lowest BCUT2D eigenvalue weighted by atomic mass is 9.72. The summed E-state index contributed by atoms with van der Waals surface area (Å²) in [5.74, 6) is 1.24. The summed E-state index contributed by atoms with van der Waals surface area (Å²) in [7, 11) is -1.98. The van der Waals surface area contributed by atoms with E-state index in [0.29, 0.717) is 33.9 Å².